The molecule has 2 rings (SSSR count). The van der Waals surface area contributed by atoms with E-state index in [0.29, 0.717) is 11.3 Å². The molecular weight excluding hydrogens is 220 g/mol. The van der Waals surface area contributed by atoms with Crippen LogP contribution in [0.3, 0.4) is 0 Å². The van der Waals surface area contributed by atoms with Gasteiger partial charge in [-0.25, -0.2) is 0 Å². The highest BCUT2D eigenvalue weighted by Crippen LogP contribution is 2.31. The molecule has 0 saturated heterocycles. The molecule has 1 aromatic rings. The molecule has 1 aromatic carbocycles. The largest absolute Gasteiger partial charge is 0.370 e. The third kappa shape index (κ3) is 1.80. The van der Waals surface area contributed by atoms with Crippen LogP contribution in [-0.2, 0) is 9.59 Å². The van der Waals surface area contributed by atoms with E-state index in [4.69, 9.17) is 5.73 Å². The molecule has 1 heterocycles. The Morgan fingerprint density at radius 3 is 2.71 bits per heavy atom. The fourth-order valence-corrected chi connectivity index (χ4v) is 1.98. The van der Waals surface area contributed by atoms with E-state index in [2.05, 4.69) is 0 Å². The number of rotatable bonds is 3. The van der Waals surface area contributed by atoms with Gasteiger partial charge < -0.3 is 10.6 Å². The van der Waals surface area contributed by atoms with Crippen LogP contribution in [0, 0.1) is 6.92 Å². The highest BCUT2D eigenvalue weighted by Gasteiger charge is 2.36. The van der Waals surface area contributed by atoms with E-state index in [-0.39, 0.29) is 13.0 Å². The lowest BCUT2D eigenvalue weighted by Crippen LogP contribution is -2.33. The fourth-order valence-electron chi connectivity index (χ4n) is 1.98. The Morgan fingerprint density at radius 1 is 1.35 bits per heavy atom. The molecule has 0 unspecified atom stereocenters. The van der Waals surface area contributed by atoms with E-state index in [9.17, 15) is 14.4 Å². The first-order valence-corrected chi connectivity index (χ1v) is 5.26. The summed E-state index contributed by atoms with van der Waals surface area (Å²) in [5.74, 6) is -1.60. The minimum Gasteiger partial charge on any atom is -0.370 e. The van der Waals surface area contributed by atoms with Crippen molar-refractivity contribution < 1.29 is 14.4 Å². The number of ketones is 1. The average Bonchev–Trinajstić information content (AvgIpc) is 2.52. The number of anilines is 1. The number of Topliss-reactive ketones (excluding diaryl/α,β-unsaturated/α-hetero) is 1. The molecule has 0 bridgehead atoms. The molecule has 0 spiro atoms. The highest BCUT2D eigenvalue weighted by molar-refractivity contribution is 6.52. The average molecular weight is 232 g/mol. The molecule has 0 fully saturated rings. The van der Waals surface area contributed by atoms with Gasteiger partial charge in [-0.1, -0.05) is 12.1 Å². The van der Waals surface area contributed by atoms with Gasteiger partial charge in [-0.2, -0.15) is 0 Å². The van der Waals surface area contributed by atoms with E-state index in [1.807, 2.05) is 13.0 Å². The number of hydrogen-bond donors (Lipinski definition) is 1. The van der Waals surface area contributed by atoms with Gasteiger partial charge in [0.05, 0.1) is 11.3 Å². The normalized spacial score (nSPS) is 14.1. The predicted octanol–water partition coefficient (Wildman–Crippen LogP) is 0.400. The van der Waals surface area contributed by atoms with Crippen molar-refractivity contribution in [1.82, 2.24) is 0 Å². The second-order valence-corrected chi connectivity index (χ2v) is 3.97. The van der Waals surface area contributed by atoms with Gasteiger partial charge in [0.1, 0.15) is 0 Å². The van der Waals surface area contributed by atoms with Crippen molar-refractivity contribution in [3.8, 4) is 0 Å². The second kappa shape index (κ2) is 4.01. The second-order valence-electron chi connectivity index (χ2n) is 3.97. The Kier molecular flexibility index (Phi) is 2.67. The van der Waals surface area contributed by atoms with Crippen molar-refractivity contribution in [2.24, 2.45) is 5.73 Å². The Labute approximate surface area is 98.2 Å². The number of aryl methyl sites for hydroxylation is 1. The third-order valence-corrected chi connectivity index (χ3v) is 2.77. The Balaban J connectivity index is 2.40. The lowest BCUT2D eigenvalue weighted by molar-refractivity contribution is -0.118. The molecule has 0 aliphatic carbocycles. The number of carbonyl (C=O) groups is 3. The standard InChI is InChI=1S/C12H12N2O3/c1-7-3-2-4-8-10(7)14(6-5-9(13)15)12(17)11(8)16/h2-4H,5-6H2,1H3,(H2,13,15). The number of carbonyl (C=O) groups excluding carboxylic acids is 3. The third-order valence-electron chi connectivity index (χ3n) is 2.77. The zero-order valence-corrected chi connectivity index (χ0v) is 9.40. The Morgan fingerprint density at radius 2 is 2.06 bits per heavy atom. The zero-order chi connectivity index (χ0) is 12.6. The predicted molar refractivity (Wildman–Crippen MR) is 61.7 cm³/mol. The first kappa shape index (κ1) is 11.3. The summed E-state index contributed by atoms with van der Waals surface area (Å²) >= 11 is 0. The van der Waals surface area contributed by atoms with Crippen molar-refractivity contribution >= 4 is 23.3 Å². The van der Waals surface area contributed by atoms with E-state index in [1.165, 1.54) is 4.90 Å². The number of nitrogens with two attached hydrogens (primary N) is 1. The molecule has 0 aromatic heterocycles. The van der Waals surface area contributed by atoms with Gasteiger partial charge in [0.25, 0.3) is 11.7 Å². The van der Waals surface area contributed by atoms with Crippen LogP contribution in [-0.4, -0.2) is 24.1 Å². The number of fused-ring (bicyclic) bond motifs is 1. The van der Waals surface area contributed by atoms with Crippen molar-refractivity contribution in [3.05, 3.63) is 29.3 Å². The van der Waals surface area contributed by atoms with Crippen molar-refractivity contribution in [1.29, 1.82) is 0 Å². The summed E-state index contributed by atoms with van der Waals surface area (Å²) in [6.45, 7) is 1.97. The maximum absolute atomic E-state index is 11.8. The quantitative estimate of drug-likeness (QED) is 0.766. The van der Waals surface area contributed by atoms with Gasteiger partial charge in [-0.15, -0.1) is 0 Å². The molecule has 5 heteroatoms. The molecule has 5 nitrogen and oxygen atoms in total. The zero-order valence-electron chi connectivity index (χ0n) is 9.40. The topological polar surface area (TPSA) is 80.5 Å². The molecular formula is C12H12N2O3. The van der Waals surface area contributed by atoms with Gasteiger partial charge in [0.2, 0.25) is 5.91 Å². The smallest absolute Gasteiger partial charge is 0.299 e. The van der Waals surface area contributed by atoms with E-state index in [1.54, 1.807) is 12.1 Å². The van der Waals surface area contributed by atoms with Crippen molar-refractivity contribution in [2.75, 3.05) is 11.4 Å². The number of hydrogen-bond acceptors (Lipinski definition) is 3. The molecule has 2 N–H and O–H groups in total. The molecule has 0 atom stereocenters. The number of para-hydroxylation sites is 1. The van der Waals surface area contributed by atoms with Crippen LogP contribution in [0.15, 0.2) is 18.2 Å². The highest BCUT2D eigenvalue weighted by atomic mass is 16.2. The molecule has 2 amide bonds. The summed E-state index contributed by atoms with van der Waals surface area (Å²) in [6, 6.07) is 5.17. The summed E-state index contributed by atoms with van der Waals surface area (Å²) in [6.07, 6.45) is 0.0484. The lowest BCUT2D eigenvalue weighted by Gasteiger charge is -2.17. The maximum Gasteiger partial charge on any atom is 0.299 e. The first-order valence-electron chi connectivity index (χ1n) is 5.26. The summed E-state index contributed by atoms with van der Waals surface area (Å²) in [5, 5.41) is 0. The molecule has 88 valence electrons. The molecule has 1 aliphatic heterocycles. The van der Waals surface area contributed by atoms with Gasteiger partial charge >= 0.3 is 0 Å². The van der Waals surface area contributed by atoms with Crippen LogP contribution in [0.5, 0.6) is 0 Å². The van der Waals surface area contributed by atoms with Crippen LogP contribution in [0.4, 0.5) is 5.69 Å². The van der Waals surface area contributed by atoms with Gasteiger partial charge in [0.15, 0.2) is 0 Å². The first-order chi connectivity index (χ1) is 8.02. The maximum atomic E-state index is 11.8. The SMILES string of the molecule is Cc1cccc2c1N(CCC(N)=O)C(=O)C2=O. The van der Waals surface area contributed by atoms with Gasteiger partial charge in [0, 0.05) is 13.0 Å². The van der Waals surface area contributed by atoms with E-state index < -0.39 is 17.6 Å². The molecule has 0 saturated carbocycles. The van der Waals surface area contributed by atoms with E-state index >= 15 is 0 Å². The summed E-state index contributed by atoms with van der Waals surface area (Å²) < 4.78 is 0. The minimum atomic E-state index is -0.587. The monoisotopic (exact) mass is 232 g/mol. The molecule has 17 heavy (non-hydrogen) atoms. The number of amides is 2. The van der Waals surface area contributed by atoms with Crippen molar-refractivity contribution in [3.63, 3.8) is 0 Å². The minimum absolute atomic E-state index is 0.0484. The molecule has 1 aliphatic rings. The lowest BCUT2D eigenvalue weighted by atomic mass is 10.1. The number of primary amides is 1. The van der Waals surface area contributed by atoms with Crippen LogP contribution in [0.1, 0.15) is 22.3 Å². The van der Waals surface area contributed by atoms with Gasteiger partial charge in [-0.3, -0.25) is 14.4 Å². The summed E-state index contributed by atoms with van der Waals surface area (Å²) in [7, 11) is 0. The fraction of sp³-hybridized carbons (Fsp3) is 0.250. The Bertz CT molecular complexity index is 522. The number of nitrogens with zero attached hydrogens (tertiary/aromatic N) is 1. The summed E-state index contributed by atoms with van der Waals surface area (Å²) in [5.41, 5.74) is 6.89. The molecule has 0 radical (unpaired) electrons. The Hall–Kier alpha value is -2.17. The van der Waals surface area contributed by atoms with Crippen molar-refractivity contribution in [2.45, 2.75) is 13.3 Å². The van der Waals surface area contributed by atoms with Crippen LogP contribution in [0.2, 0.25) is 0 Å². The number of benzene rings is 1. The van der Waals surface area contributed by atoms with Crippen LogP contribution in [0.25, 0.3) is 0 Å². The van der Waals surface area contributed by atoms with Crippen LogP contribution >= 0.6 is 0 Å². The van der Waals surface area contributed by atoms with E-state index in [0.717, 1.165) is 5.56 Å². The van der Waals surface area contributed by atoms with Crippen LogP contribution < -0.4 is 10.6 Å². The summed E-state index contributed by atoms with van der Waals surface area (Å²) in [4.78, 5) is 35.5. The van der Waals surface area contributed by atoms with Gasteiger partial charge in [-0.05, 0) is 18.6 Å².